The maximum Gasteiger partial charge on any atom is 0.152 e. The van der Waals surface area contributed by atoms with Crippen LogP contribution in [0.1, 0.15) is 43.5 Å². The molecule has 7 heteroatoms. The summed E-state index contributed by atoms with van der Waals surface area (Å²) < 4.78 is 2.01. The van der Waals surface area contributed by atoms with Gasteiger partial charge in [-0.3, -0.25) is 9.79 Å². The number of piperidine rings is 1. The zero-order valence-corrected chi connectivity index (χ0v) is 26.4. The lowest BCUT2D eigenvalue weighted by Crippen LogP contribution is -2.36. The molecule has 1 aliphatic heterocycles. The average Bonchev–Trinajstić information content (AvgIpc) is 3.36. The fraction of sp³-hybridized carbons (Fsp3) is 0.371. The molecule has 2 aromatic carbocycles. The number of hydrogen-bond donors (Lipinski definition) is 2. The summed E-state index contributed by atoms with van der Waals surface area (Å²) in [4.78, 5) is 19.7. The van der Waals surface area contributed by atoms with Gasteiger partial charge in [-0.1, -0.05) is 72.5 Å². The number of carbonyl (C=O) groups excluding carboxylic acids is 1. The Labute approximate surface area is 255 Å². The number of aldehydes is 1. The zero-order chi connectivity index (χ0) is 30.3. The Morgan fingerprint density at radius 1 is 1.12 bits per heavy atom. The third-order valence-corrected chi connectivity index (χ3v) is 8.45. The number of fused-ring (bicyclic) bond motifs is 1. The van der Waals surface area contributed by atoms with Gasteiger partial charge >= 0.3 is 0 Å². The van der Waals surface area contributed by atoms with Crippen LogP contribution in [-0.2, 0) is 6.54 Å². The van der Waals surface area contributed by atoms with E-state index in [-0.39, 0.29) is 5.75 Å². The first-order valence-electron chi connectivity index (χ1n) is 14.7. The molecule has 1 fully saturated rings. The molecule has 0 radical (unpaired) electrons. The molecule has 0 spiro atoms. The number of aromatic hydroxyl groups is 1. The number of carbonyl (C=O) groups is 1. The SMILES string of the molecule is C=C/C=C(\C=C(C)C)CNC.CN=C(Sc1ccccc1)C1CCN(CCCn2cc(C=O)c3cccc(O)c32)CC1. The van der Waals surface area contributed by atoms with Gasteiger partial charge in [0, 0.05) is 48.1 Å². The van der Waals surface area contributed by atoms with Crippen LogP contribution < -0.4 is 5.32 Å². The van der Waals surface area contributed by atoms with Gasteiger partial charge in [0.25, 0.3) is 0 Å². The molecule has 2 heterocycles. The number of likely N-dealkylation sites (tertiary alicyclic amines) is 1. The van der Waals surface area contributed by atoms with Gasteiger partial charge in [-0.05, 0) is 83.6 Å². The minimum absolute atomic E-state index is 0.230. The molecule has 6 nitrogen and oxygen atoms in total. The second-order valence-electron chi connectivity index (χ2n) is 10.7. The van der Waals surface area contributed by atoms with Crippen LogP contribution in [0.3, 0.4) is 0 Å². The number of likely N-dealkylation sites (N-methyl/N-ethyl adjacent to an activating group) is 1. The van der Waals surface area contributed by atoms with Crippen molar-refractivity contribution < 1.29 is 9.90 Å². The molecule has 0 saturated carbocycles. The first-order valence-corrected chi connectivity index (χ1v) is 15.5. The molecule has 1 aliphatic rings. The van der Waals surface area contributed by atoms with E-state index < -0.39 is 0 Å². The summed E-state index contributed by atoms with van der Waals surface area (Å²) in [6.07, 6.45) is 11.9. The molecule has 42 heavy (non-hydrogen) atoms. The average molecular weight is 587 g/mol. The number of para-hydroxylation sites is 1. The maximum absolute atomic E-state index is 11.4. The number of nitrogens with one attached hydrogen (secondary N) is 1. The number of aromatic nitrogens is 1. The lowest BCUT2D eigenvalue weighted by molar-refractivity contribution is 0.112. The molecule has 0 amide bonds. The summed E-state index contributed by atoms with van der Waals surface area (Å²) in [7, 11) is 3.85. The number of rotatable bonds is 11. The summed E-state index contributed by atoms with van der Waals surface area (Å²) in [5.41, 5.74) is 3.97. The molecule has 0 unspecified atom stereocenters. The number of aliphatic imine (C=N–C) groups is 1. The third-order valence-electron chi connectivity index (χ3n) is 7.22. The predicted octanol–water partition coefficient (Wildman–Crippen LogP) is 7.37. The van der Waals surface area contributed by atoms with E-state index in [0.29, 0.717) is 11.5 Å². The number of benzene rings is 2. The minimum atomic E-state index is 0.230. The van der Waals surface area contributed by atoms with Crippen LogP contribution in [0.2, 0.25) is 0 Å². The van der Waals surface area contributed by atoms with Crippen molar-refractivity contribution in [2.45, 2.75) is 44.6 Å². The van der Waals surface area contributed by atoms with Gasteiger partial charge in [-0.15, -0.1) is 0 Å². The van der Waals surface area contributed by atoms with E-state index in [2.05, 4.69) is 66.0 Å². The van der Waals surface area contributed by atoms with Crippen molar-refractivity contribution in [1.29, 1.82) is 0 Å². The smallest absolute Gasteiger partial charge is 0.152 e. The number of aryl methyl sites for hydroxylation is 1. The molecular formula is C35H46N4O2S. The van der Waals surface area contributed by atoms with Crippen molar-refractivity contribution in [1.82, 2.24) is 14.8 Å². The molecule has 224 valence electrons. The van der Waals surface area contributed by atoms with Gasteiger partial charge in [0.15, 0.2) is 6.29 Å². The van der Waals surface area contributed by atoms with Gasteiger partial charge in [0.2, 0.25) is 0 Å². The first kappa shape index (κ1) is 33.1. The molecular weight excluding hydrogens is 540 g/mol. The molecule has 0 aliphatic carbocycles. The number of thioether (sulfide) groups is 1. The second kappa shape index (κ2) is 17.5. The Kier molecular flexibility index (Phi) is 13.8. The highest BCUT2D eigenvalue weighted by Gasteiger charge is 2.23. The normalized spacial score (nSPS) is 14.8. The number of allylic oxidation sites excluding steroid dienone is 3. The largest absolute Gasteiger partial charge is 0.506 e. The molecule has 1 aromatic heterocycles. The third kappa shape index (κ3) is 9.86. The van der Waals surface area contributed by atoms with Crippen LogP contribution in [0.25, 0.3) is 10.9 Å². The van der Waals surface area contributed by atoms with E-state index in [1.165, 1.54) is 21.1 Å². The highest BCUT2D eigenvalue weighted by Crippen LogP contribution is 2.30. The summed E-state index contributed by atoms with van der Waals surface area (Å²) in [5.74, 6) is 0.764. The zero-order valence-electron chi connectivity index (χ0n) is 25.6. The predicted molar refractivity (Wildman–Crippen MR) is 180 cm³/mol. The summed E-state index contributed by atoms with van der Waals surface area (Å²) >= 11 is 1.79. The van der Waals surface area contributed by atoms with Crippen LogP contribution in [0.15, 0.2) is 101 Å². The Morgan fingerprint density at radius 3 is 2.48 bits per heavy atom. The van der Waals surface area contributed by atoms with E-state index in [9.17, 15) is 9.90 Å². The van der Waals surface area contributed by atoms with Gasteiger partial charge in [0.05, 0.1) is 10.6 Å². The van der Waals surface area contributed by atoms with Crippen molar-refractivity contribution >= 4 is 34.0 Å². The molecule has 0 bridgehead atoms. The standard InChI is InChI=1S/C25H29N3O2S.C10H17N/c1-26-25(31-21-7-3-2-4-8-21)19-11-15-27(16-12-19)13-6-14-28-17-20(18-29)22-9-5-10-23(30)24(22)28;1-5-6-10(8-11-4)7-9(2)3/h2-5,7-10,17-19,30H,6,11-16H2,1H3;5-7,11H,1,8H2,2-4H3/b;10-6+. The number of nitrogens with zero attached hydrogens (tertiary/aromatic N) is 3. The van der Waals surface area contributed by atoms with Gasteiger partial charge in [0.1, 0.15) is 5.75 Å². The summed E-state index contributed by atoms with van der Waals surface area (Å²) in [6, 6.07) is 15.8. The minimum Gasteiger partial charge on any atom is -0.506 e. The fourth-order valence-electron chi connectivity index (χ4n) is 5.31. The second-order valence-corrected chi connectivity index (χ2v) is 11.8. The molecule has 1 saturated heterocycles. The van der Waals surface area contributed by atoms with E-state index in [4.69, 9.17) is 0 Å². The lowest BCUT2D eigenvalue weighted by atomic mass is 9.98. The van der Waals surface area contributed by atoms with Gasteiger partial charge < -0.3 is 19.9 Å². The quantitative estimate of drug-likeness (QED) is 0.0807. The van der Waals surface area contributed by atoms with E-state index >= 15 is 0 Å². The number of hydrogen-bond acceptors (Lipinski definition) is 6. The Morgan fingerprint density at radius 2 is 1.86 bits per heavy atom. The first-order chi connectivity index (χ1) is 20.4. The van der Waals surface area contributed by atoms with Crippen molar-refractivity contribution in [3.63, 3.8) is 0 Å². The number of phenolic OH excluding ortho intramolecular Hbond substituents is 1. The Bertz CT molecular complexity index is 1380. The van der Waals surface area contributed by atoms with E-state index in [0.717, 1.165) is 69.2 Å². The molecule has 3 aromatic rings. The van der Waals surface area contributed by atoms with Crippen molar-refractivity contribution in [2.24, 2.45) is 10.9 Å². The van der Waals surface area contributed by atoms with Crippen molar-refractivity contribution in [3.8, 4) is 5.75 Å². The molecule has 2 N–H and O–H groups in total. The summed E-state index contributed by atoms with van der Waals surface area (Å²) in [5, 5.41) is 15.4. The highest BCUT2D eigenvalue weighted by atomic mass is 32.2. The topological polar surface area (TPSA) is 69.9 Å². The Balaban J connectivity index is 0.000000375. The molecule has 4 rings (SSSR count). The van der Waals surface area contributed by atoms with Crippen molar-refractivity contribution in [3.05, 3.63) is 96.2 Å². The van der Waals surface area contributed by atoms with E-state index in [1.807, 2.05) is 49.1 Å². The monoisotopic (exact) mass is 586 g/mol. The maximum atomic E-state index is 11.4. The van der Waals surface area contributed by atoms with Crippen LogP contribution in [0.4, 0.5) is 0 Å². The van der Waals surface area contributed by atoms with Crippen LogP contribution in [0.5, 0.6) is 5.75 Å². The number of phenols is 1. The lowest BCUT2D eigenvalue weighted by Gasteiger charge is -2.32. The van der Waals surface area contributed by atoms with Gasteiger partial charge in [-0.25, -0.2) is 0 Å². The van der Waals surface area contributed by atoms with Crippen LogP contribution >= 0.6 is 11.8 Å². The van der Waals surface area contributed by atoms with Crippen LogP contribution in [-0.4, -0.2) is 66.2 Å². The van der Waals surface area contributed by atoms with Gasteiger partial charge in [-0.2, -0.15) is 0 Å². The van der Waals surface area contributed by atoms with Crippen molar-refractivity contribution in [2.75, 3.05) is 40.3 Å². The fourth-order valence-corrected chi connectivity index (χ4v) is 6.34. The van der Waals surface area contributed by atoms with E-state index in [1.54, 1.807) is 23.9 Å². The highest BCUT2D eigenvalue weighted by molar-refractivity contribution is 8.14. The summed E-state index contributed by atoms with van der Waals surface area (Å²) in [6.45, 7) is 12.7. The Hall–Kier alpha value is -3.39. The molecule has 0 atom stereocenters. The van der Waals surface area contributed by atoms with Crippen LogP contribution in [0, 0.1) is 5.92 Å².